The van der Waals surface area contributed by atoms with Gasteiger partial charge in [-0.2, -0.15) is 0 Å². The fourth-order valence-electron chi connectivity index (χ4n) is 2.29. The molecule has 1 heterocycles. The van der Waals surface area contributed by atoms with E-state index in [4.69, 9.17) is 4.74 Å². The number of aromatic amines is 1. The maximum Gasteiger partial charge on any atom is 0.305 e. The maximum atomic E-state index is 11.8. The molecule has 0 saturated carbocycles. The van der Waals surface area contributed by atoms with Crippen LogP contribution in [0.15, 0.2) is 29.1 Å². The Bertz CT molecular complexity index is 633. The number of H-pyrrole nitrogens is 1. The maximum absolute atomic E-state index is 11.8. The van der Waals surface area contributed by atoms with Crippen LogP contribution in [-0.2, 0) is 6.54 Å². The average molecular weight is 306 g/mol. The summed E-state index contributed by atoms with van der Waals surface area (Å²) in [6.07, 6.45) is 2.34. The van der Waals surface area contributed by atoms with Crippen molar-refractivity contribution in [1.82, 2.24) is 9.88 Å². The monoisotopic (exact) mass is 306 g/mol. The molecule has 0 aliphatic heterocycles. The molecule has 1 N–H and O–H groups in total. The fraction of sp³-hybridized carbons (Fsp3) is 0.438. The lowest BCUT2D eigenvalue weighted by molar-refractivity contribution is 0.323. The molecular weight excluding hydrogens is 284 g/mol. The first-order valence-electron chi connectivity index (χ1n) is 7.19. The largest absolute Gasteiger partial charge is 0.496 e. The second-order valence-corrected chi connectivity index (χ2v) is 6.17. The summed E-state index contributed by atoms with van der Waals surface area (Å²) in [4.78, 5) is 18.0. The van der Waals surface area contributed by atoms with Crippen LogP contribution in [0.4, 0.5) is 0 Å². The van der Waals surface area contributed by atoms with Gasteiger partial charge >= 0.3 is 4.87 Å². The van der Waals surface area contributed by atoms with E-state index in [9.17, 15) is 4.79 Å². The molecule has 0 saturated heterocycles. The Morgan fingerprint density at radius 2 is 2.10 bits per heavy atom. The number of nitrogens with zero attached hydrogens (tertiary/aromatic N) is 1. The quantitative estimate of drug-likeness (QED) is 0.853. The van der Waals surface area contributed by atoms with E-state index < -0.39 is 0 Å². The molecule has 0 bridgehead atoms. The minimum Gasteiger partial charge on any atom is -0.496 e. The molecule has 21 heavy (non-hydrogen) atoms. The topological polar surface area (TPSA) is 45.3 Å². The number of rotatable bonds is 7. The highest BCUT2D eigenvalue weighted by molar-refractivity contribution is 7.09. The van der Waals surface area contributed by atoms with E-state index in [2.05, 4.69) is 23.9 Å². The summed E-state index contributed by atoms with van der Waals surface area (Å²) in [5.74, 6) is 0.781. The molecule has 0 atom stereocenters. The van der Waals surface area contributed by atoms with Gasteiger partial charge in [-0.15, -0.1) is 0 Å². The van der Waals surface area contributed by atoms with Crippen molar-refractivity contribution >= 4 is 11.3 Å². The number of ether oxygens (including phenoxy) is 1. The Hall–Kier alpha value is -1.59. The van der Waals surface area contributed by atoms with Crippen molar-refractivity contribution in [3.63, 3.8) is 0 Å². The van der Waals surface area contributed by atoms with Crippen molar-refractivity contribution in [2.75, 3.05) is 20.7 Å². The van der Waals surface area contributed by atoms with E-state index >= 15 is 0 Å². The van der Waals surface area contributed by atoms with E-state index in [1.54, 1.807) is 7.11 Å². The third-order valence-corrected chi connectivity index (χ3v) is 4.27. The van der Waals surface area contributed by atoms with Crippen molar-refractivity contribution in [3.05, 3.63) is 38.8 Å². The second-order valence-electron chi connectivity index (χ2n) is 5.10. The Labute approximate surface area is 129 Å². The first kappa shape index (κ1) is 15.8. The molecule has 0 radical (unpaired) electrons. The molecule has 0 fully saturated rings. The van der Waals surface area contributed by atoms with Crippen molar-refractivity contribution < 1.29 is 4.74 Å². The van der Waals surface area contributed by atoms with Crippen LogP contribution in [0.3, 0.4) is 0 Å². The summed E-state index contributed by atoms with van der Waals surface area (Å²) < 4.78 is 5.40. The molecule has 1 aromatic carbocycles. The number of hydrogen-bond donors (Lipinski definition) is 1. The van der Waals surface area contributed by atoms with Crippen LogP contribution in [-0.4, -0.2) is 30.6 Å². The van der Waals surface area contributed by atoms with Crippen molar-refractivity contribution in [2.45, 2.75) is 26.3 Å². The van der Waals surface area contributed by atoms with Gasteiger partial charge in [0.25, 0.3) is 0 Å². The minimum atomic E-state index is -0.0187. The Balaban J connectivity index is 2.30. The van der Waals surface area contributed by atoms with E-state index in [-0.39, 0.29) is 4.87 Å². The van der Waals surface area contributed by atoms with Gasteiger partial charge in [0.05, 0.1) is 12.8 Å². The van der Waals surface area contributed by atoms with Gasteiger partial charge in [-0.1, -0.05) is 36.8 Å². The molecule has 0 spiro atoms. The molecule has 2 aromatic rings. The Morgan fingerprint density at radius 3 is 2.81 bits per heavy atom. The van der Waals surface area contributed by atoms with Gasteiger partial charge in [0, 0.05) is 17.0 Å². The lowest BCUT2D eigenvalue weighted by atomic mass is 10.1. The zero-order valence-electron chi connectivity index (χ0n) is 12.8. The summed E-state index contributed by atoms with van der Waals surface area (Å²) in [7, 11) is 3.74. The van der Waals surface area contributed by atoms with Gasteiger partial charge in [-0.05, 0) is 32.1 Å². The Morgan fingerprint density at radius 1 is 1.33 bits per heavy atom. The van der Waals surface area contributed by atoms with Crippen LogP contribution in [0.1, 0.15) is 24.6 Å². The standard InChI is InChI=1S/C16H22N2O2S/c1-4-5-10-18(2)11-14-15(17-16(19)21-14)12-8-6-7-9-13(12)20-3/h6-9H,4-5,10-11H2,1-3H3,(H,17,19). The van der Waals surface area contributed by atoms with Crippen LogP contribution >= 0.6 is 11.3 Å². The molecule has 2 rings (SSSR count). The Kier molecular flexibility index (Phi) is 5.59. The average Bonchev–Trinajstić information content (AvgIpc) is 2.85. The lowest BCUT2D eigenvalue weighted by Gasteiger charge is -2.16. The highest BCUT2D eigenvalue weighted by atomic mass is 32.1. The van der Waals surface area contributed by atoms with Crippen LogP contribution in [0.5, 0.6) is 5.75 Å². The smallest absolute Gasteiger partial charge is 0.305 e. The number of aromatic nitrogens is 1. The molecular formula is C16H22N2O2S. The summed E-state index contributed by atoms with van der Waals surface area (Å²) in [5, 5.41) is 0. The van der Waals surface area contributed by atoms with E-state index in [1.807, 2.05) is 24.3 Å². The van der Waals surface area contributed by atoms with Gasteiger partial charge in [-0.3, -0.25) is 4.79 Å². The van der Waals surface area contributed by atoms with Crippen molar-refractivity contribution in [3.8, 4) is 17.0 Å². The summed E-state index contributed by atoms with van der Waals surface area (Å²) >= 11 is 1.28. The number of nitrogens with one attached hydrogen (secondary N) is 1. The highest BCUT2D eigenvalue weighted by Gasteiger charge is 2.15. The predicted octanol–water partition coefficient (Wildman–Crippen LogP) is 3.34. The van der Waals surface area contributed by atoms with E-state index in [1.165, 1.54) is 24.2 Å². The van der Waals surface area contributed by atoms with Crippen LogP contribution in [0, 0.1) is 0 Å². The zero-order valence-corrected chi connectivity index (χ0v) is 13.6. The number of hydrogen-bond acceptors (Lipinski definition) is 4. The normalized spacial score (nSPS) is 11.0. The lowest BCUT2D eigenvalue weighted by Crippen LogP contribution is -2.18. The van der Waals surface area contributed by atoms with Crippen LogP contribution < -0.4 is 9.61 Å². The number of unbranched alkanes of at least 4 members (excludes halogenated alkanes) is 1. The highest BCUT2D eigenvalue weighted by Crippen LogP contribution is 2.32. The molecule has 5 heteroatoms. The van der Waals surface area contributed by atoms with Crippen molar-refractivity contribution in [1.29, 1.82) is 0 Å². The molecule has 114 valence electrons. The SMILES string of the molecule is CCCCN(C)Cc1sc(=O)[nH]c1-c1ccccc1OC. The van der Waals surface area contributed by atoms with Crippen LogP contribution in [0.2, 0.25) is 0 Å². The van der Waals surface area contributed by atoms with E-state index in [0.29, 0.717) is 0 Å². The molecule has 4 nitrogen and oxygen atoms in total. The van der Waals surface area contributed by atoms with Gasteiger partial charge < -0.3 is 14.6 Å². The third-order valence-electron chi connectivity index (χ3n) is 3.41. The van der Waals surface area contributed by atoms with Gasteiger partial charge in [0.2, 0.25) is 0 Å². The molecule has 0 amide bonds. The predicted molar refractivity (Wildman–Crippen MR) is 88.2 cm³/mol. The summed E-state index contributed by atoms with van der Waals surface area (Å²) in [6.45, 7) is 3.99. The molecule has 0 aliphatic rings. The zero-order chi connectivity index (χ0) is 15.2. The van der Waals surface area contributed by atoms with Crippen LogP contribution in [0.25, 0.3) is 11.3 Å². The van der Waals surface area contributed by atoms with Crippen molar-refractivity contribution in [2.24, 2.45) is 0 Å². The van der Waals surface area contributed by atoms with Gasteiger partial charge in [-0.25, -0.2) is 0 Å². The minimum absolute atomic E-state index is 0.0187. The number of methoxy groups -OCH3 is 1. The van der Waals surface area contributed by atoms with E-state index in [0.717, 1.165) is 35.0 Å². The van der Waals surface area contributed by atoms with Gasteiger partial charge in [0.15, 0.2) is 0 Å². The van der Waals surface area contributed by atoms with Gasteiger partial charge in [0.1, 0.15) is 5.75 Å². The first-order valence-corrected chi connectivity index (χ1v) is 8.01. The molecule has 1 aromatic heterocycles. The third kappa shape index (κ3) is 3.95. The molecule has 0 unspecified atom stereocenters. The second kappa shape index (κ2) is 7.43. The number of para-hydroxylation sites is 1. The number of thiazole rings is 1. The number of benzene rings is 1. The molecule has 0 aliphatic carbocycles. The first-order chi connectivity index (χ1) is 10.2. The summed E-state index contributed by atoms with van der Waals surface area (Å²) in [6, 6.07) is 7.78. The fourth-order valence-corrected chi connectivity index (χ4v) is 3.22. The summed E-state index contributed by atoms with van der Waals surface area (Å²) in [5.41, 5.74) is 1.82.